The number of hydrogen-bond acceptors (Lipinski definition) is 3. The minimum absolute atomic E-state index is 0.187. The van der Waals surface area contributed by atoms with Crippen molar-refractivity contribution in [3.05, 3.63) is 53.3 Å². The molecule has 0 fully saturated rings. The molecule has 2 rings (SSSR count). The maximum Gasteiger partial charge on any atom is 0.270 e. The SMILES string of the molecule is Cc1ccc(C)n1NC(=O)c1ccc(OCC(N)=O)cc1. The Balaban J connectivity index is 2.05. The molecule has 0 bridgehead atoms. The summed E-state index contributed by atoms with van der Waals surface area (Å²) in [7, 11) is 0. The molecule has 1 aromatic heterocycles. The maximum atomic E-state index is 12.1. The normalized spacial score (nSPS) is 10.2. The fraction of sp³-hybridized carbons (Fsp3) is 0.200. The topological polar surface area (TPSA) is 86.3 Å². The highest BCUT2D eigenvalue weighted by molar-refractivity contribution is 6.00. The molecule has 0 aliphatic heterocycles. The number of nitrogens with zero attached hydrogens (tertiary/aromatic N) is 1. The lowest BCUT2D eigenvalue weighted by Gasteiger charge is -2.11. The van der Waals surface area contributed by atoms with E-state index < -0.39 is 5.91 Å². The third-order valence-electron chi connectivity index (χ3n) is 2.98. The molecule has 2 amide bonds. The smallest absolute Gasteiger partial charge is 0.270 e. The zero-order chi connectivity index (χ0) is 15.4. The zero-order valence-electron chi connectivity index (χ0n) is 11.9. The summed E-state index contributed by atoms with van der Waals surface area (Å²) >= 11 is 0. The van der Waals surface area contributed by atoms with Crippen LogP contribution in [0.3, 0.4) is 0 Å². The molecule has 0 unspecified atom stereocenters. The first-order valence-corrected chi connectivity index (χ1v) is 6.45. The fourth-order valence-electron chi connectivity index (χ4n) is 1.87. The van der Waals surface area contributed by atoms with E-state index >= 15 is 0 Å². The van der Waals surface area contributed by atoms with Gasteiger partial charge in [0.05, 0.1) is 0 Å². The highest BCUT2D eigenvalue weighted by Gasteiger charge is 2.09. The maximum absolute atomic E-state index is 12.1. The van der Waals surface area contributed by atoms with Crippen molar-refractivity contribution in [2.45, 2.75) is 13.8 Å². The van der Waals surface area contributed by atoms with Crippen LogP contribution in [-0.4, -0.2) is 23.1 Å². The summed E-state index contributed by atoms with van der Waals surface area (Å²) < 4.78 is 6.86. The van der Waals surface area contributed by atoms with Gasteiger partial charge in [-0.15, -0.1) is 0 Å². The largest absolute Gasteiger partial charge is 0.484 e. The van der Waals surface area contributed by atoms with Crippen molar-refractivity contribution in [1.29, 1.82) is 0 Å². The second-order valence-electron chi connectivity index (χ2n) is 4.67. The number of carbonyl (C=O) groups excluding carboxylic acids is 2. The molecule has 0 atom stereocenters. The lowest BCUT2D eigenvalue weighted by molar-refractivity contribution is -0.119. The van der Waals surface area contributed by atoms with Crippen molar-refractivity contribution >= 4 is 11.8 Å². The highest BCUT2D eigenvalue weighted by atomic mass is 16.5. The summed E-state index contributed by atoms with van der Waals surface area (Å²) in [6, 6.07) is 10.3. The van der Waals surface area contributed by atoms with E-state index in [1.54, 1.807) is 28.9 Å². The van der Waals surface area contributed by atoms with E-state index in [4.69, 9.17) is 10.5 Å². The van der Waals surface area contributed by atoms with E-state index in [0.717, 1.165) is 11.4 Å². The van der Waals surface area contributed by atoms with Gasteiger partial charge >= 0.3 is 0 Å². The van der Waals surface area contributed by atoms with Crippen molar-refractivity contribution in [3.8, 4) is 5.75 Å². The first kappa shape index (κ1) is 14.6. The molecule has 1 aromatic carbocycles. The number of benzene rings is 1. The Morgan fingerprint density at radius 3 is 2.19 bits per heavy atom. The Labute approximate surface area is 122 Å². The number of aryl methyl sites for hydroxylation is 2. The molecule has 0 aliphatic rings. The van der Waals surface area contributed by atoms with E-state index in [9.17, 15) is 9.59 Å². The van der Waals surface area contributed by atoms with Crippen molar-refractivity contribution in [1.82, 2.24) is 4.68 Å². The average Bonchev–Trinajstić information content (AvgIpc) is 2.77. The van der Waals surface area contributed by atoms with Crippen molar-refractivity contribution < 1.29 is 14.3 Å². The Hall–Kier alpha value is -2.76. The van der Waals surface area contributed by atoms with Gasteiger partial charge in [0.2, 0.25) is 0 Å². The number of nitrogens with one attached hydrogen (secondary N) is 1. The van der Waals surface area contributed by atoms with E-state index in [1.165, 1.54) is 0 Å². The summed E-state index contributed by atoms with van der Waals surface area (Å²) in [5.41, 5.74) is 10.2. The number of aromatic nitrogens is 1. The summed E-state index contributed by atoms with van der Waals surface area (Å²) in [4.78, 5) is 22.8. The van der Waals surface area contributed by atoms with Gasteiger partial charge in [-0.2, -0.15) is 0 Å². The summed E-state index contributed by atoms with van der Waals surface area (Å²) in [6.45, 7) is 3.63. The predicted octanol–water partition coefficient (Wildman–Crippen LogP) is 1.35. The molecular formula is C15H17N3O3. The van der Waals surface area contributed by atoms with Gasteiger partial charge in [0.25, 0.3) is 11.8 Å². The Bertz CT molecular complexity index is 640. The number of primary amides is 1. The Morgan fingerprint density at radius 2 is 1.67 bits per heavy atom. The molecule has 21 heavy (non-hydrogen) atoms. The van der Waals surface area contributed by atoms with Crippen LogP contribution in [0.15, 0.2) is 36.4 Å². The molecule has 0 saturated carbocycles. The zero-order valence-corrected chi connectivity index (χ0v) is 11.9. The number of carbonyl (C=O) groups is 2. The summed E-state index contributed by atoms with van der Waals surface area (Å²) in [5.74, 6) is -0.284. The number of rotatable bonds is 5. The van der Waals surface area contributed by atoms with Crippen LogP contribution < -0.4 is 15.9 Å². The van der Waals surface area contributed by atoms with E-state index in [1.807, 2.05) is 26.0 Å². The molecule has 0 spiro atoms. The van der Waals surface area contributed by atoms with Crippen LogP contribution in [0.4, 0.5) is 0 Å². The number of hydrogen-bond donors (Lipinski definition) is 2. The lowest BCUT2D eigenvalue weighted by Crippen LogP contribution is -2.24. The fourth-order valence-corrected chi connectivity index (χ4v) is 1.87. The van der Waals surface area contributed by atoms with Crippen molar-refractivity contribution in [3.63, 3.8) is 0 Å². The van der Waals surface area contributed by atoms with Gasteiger partial charge in [-0.1, -0.05) is 0 Å². The van der Waals surface area contributed by atoms with Gasteiger partial charge in [-0.05, 0) is 50.2 Å². The molecule has 6 nitrogen and oxygen atoms in total. The van der Waals surface area contributed by atoms with Crippen molar-refractivity contribution in [2.24, 2.45) is 5.73 Å². The molecule has 6 heteroatoms. The van der Waals surface area contributed by atoms with E-state index in [-0.39, 0.29) is 12.5 Å². The van der Waals surface area contributed by atoms with Crippen molar-refractivity contribution in [2.75, 3.05) is 12.0 Å². The van der Waals surface area contributed by atoms with Crippen LogP contribution in [0.25, 0.3) is 0 Å². The van der Waals surface area contributed by atoms with Gasteiger partial charge in [-0.25, -0.2) is 0 Å². The van der Waals surface area contributed by atoms with E-state index in [2.05, 4.69) is 5.43 Å². The van der Waals surface area contributed by atoms with Crippen LogP contribution in [0.5, 0.6) is 5.75 Å². The second-order valence-corrected chi connectivity index (χ2v) is 4.67. The minimum Gasteiger partial charge on any atom is -0.484 e. The first-order chi connectivity index (χ1) is 9.97. The van der Waals surface area contributed by atoms with Crippen LogP contribution in [-0.2, 0) is 4.79 Å². The highest BCUT2D eigenvalue weighted by Crippen LogP contribution is 2.13. The molecular weight excluding hydrogens is 270 g/mol. The van der Waals surface area contributed by atoms with Crippen LogP contribution in [0.2, 0.25) is 0 Å². The number of amides is 2. The van der Waals surface area contributed by atoms with Gasteiger partial charge in [0, 0.05) is 17.0 Å². The van der Waals surface area contributed by atoms with Crippen LogP contribution in [0.1, 0.15) is 21.7 Å². The van der Waals surface area contributed by atoms with Gasteiger partial charge in [0.1, 0.15) is 5.75 Å². The predicted molar refractivity (Wildman–Crippen MR) is 78.7 cm³/mol. The van der Waals surface area contributed by atoms with E-state index in [0.29, 0.717) is 11.3 Å². The number of nitrogens with two attached hydrogens (primary N) is 1. The average molecular weight is 287 g/mol. The third-order valence-corrected chi connectivity index (χ3v) is 2.98. The van der Waals surface area contributed by atoms with Gasteiger partial charge in [-0.3, -0.25) is 19.7 Å². The quantitative estimate of drug-likeness (QED) is 0.870. The molecule has 0 radical (unpaired) electrons. The monoisotopic (exact) mass is 287 g/mol. The van der Waals surface area contributed by atoms with Gasteiger partial charge in [0.15, 0.2) is 6.61 Å². The number of ether oxygens (including phenoxy) is 1. The molecule has 3 N–H and O–H groups in total. The summed E-state index contributed by atoms with van der Waals surface area (Å²) in [5, 5.41) is 0. The Kier molecular flexibility index (Phi) is 4.27. The molecule has 0 aliphatic carbocycles. The molecule has 110 valence electrons. The Morgan fingerprint density at radius 1 is 1.10 bits per heavy atom. The minimum atomic E-state index is -0.546. The third kappa shape index (κ3) is 3.62. The van der Waals surface area contributed by atoms with Crippen LogP contribution in [0, 0.1) is 13.8 Å². The molecule has 0 saturated heterocycles. The summed E-state index contributed by atoms with van der Waals surface area (Å²) in [6.07, 6.45) is 0. The first-order valence-electron chi connectivity index (χ1n) is 6.45. The molecule has 2 aromatic rings. The lowest BCUT2D eigenvalue weighted by atomic mass is 10.2. The standard InChI is InChI=1S/C15H17N3O3/c1-10-3-4-11(2)18(10)17-15(20)12-5-7-13(8-6-12)21-9-14(16)19/h3-8H,9H2,1-2H3,(H2,16,19)(H,17,20). The van der Waals surface area contributed by atoms with Gasteiger partial charge < -0.3 is 10.5 Å². The van der Waals surface area contributed by atoms with Crippen LogP contribution >= 0.6 is 0 Å². The molecule has 1 heterocycles. The second kappa shape index (κ2) is 6.13.